The van der Waals surface area contributed by atoms with Gasteiger partial charge in [0, 0.05) is 12.1 Å². The molecule has 0 heterocycles. The van der Waals surface area contributed by atoms with E-state index >= 15 is 0 Å². The molecule has 0 fully saturated rings. The largest absolute Gasteiger partial charge is 0.496 e. The summed E-state index contributed by atoms with van der Waals surface area (Å²) >= 11 is 0. The van der Waals surface area contributed by atoms with Gasteiger partial charge in [-0.2, -0.15) is 0 Å². The number of hydrogen-bond donors (Lipinski definition) is 2. The molecule has 1 aromatic rings. The highest BCUT2D eigenvalue weighted by Crippen LogP contribution is 2.31. The third-order valence-electron chi connectivity index (χ3n) is 3.01. The second kappa shape index (κ2) is 6.40. The predicted molar refractivity (Wildman–Crippen MR) is 72.7 cm³/mol. The minimum Gasteiger partial charge on any atom is -0.496 e. The van der Waals surface area contributed by atoms with Crippen molar-refractivity contribution in [2.45, 2.75) is 25.7 Å². The van der Waals surface area contributed by atoms with Gasteiger partial charge in [-0.3, -0.25) is 4.79 Å². The van der Waals surface area contributed by atoms with Crippen LogP contribution in [0.15, 0.2) is 24.3 Å². The number of carbonyl (C=O) groups is 1. The number of carbonyl (C=O) groups excluding carboxylic acids is 1. The zero-order valence-electron chi connectivity index (χ0n) is 11.3. The van der Waals surface area contributed by atoms with Crippen molar-refractivity contribution in [2.24, 2.45) is 5.73 Å². The van der Waals surface area contributed by atoms with E-state index in [2.05, 4.69) is 5.32 Å². The highest BCUT2D eigenvalue weighted by molar-refractivity contribution is 5.88. The van der Waals surface area contributed by atoms with E-state index in [1.807, 2.05) is 38.1 Å². The quantitative estimate of drug-likeness (QED) is 0.751. The smallest absolute Gasteiger partial charge is 0.230 e. The molecule has 0 aliphatic rings. The molecular formula is C14H22N2O2. The van der Waals surface area contributed by atoms with E-state index in [9.17, 15) is 4.79 Å². The van der Waals surface area contributed by atoms with Crippen LogP contribution in [0.2, 0.25) is 0 Å². The van der Waals surface area contributed by atoms with Gasteiger partial charge in [-0.15, -0.1) is 0 Å². The van der Waals surface area contributed by atoms with Crippen molar-refractivity contribution in [2.75, 3.05) is 20.2 Å². The van der Waals surface area contributed by atoms with E-state index in [0.717, 1.165) is 17.7 Å². The van der Waals surface area contributed by atoms with E-state index in [4.69, 9.17) is 10.5 Å². The van der Waals surface area contributed by atoms with Crippen LogP contribution >= 0.6 is 0 Å². The number of para-hydroxylation sites is 1. The van der Waals surface area contributed by atoms with E-state index in [1.54, 1.807) is 7.11 Å². The summed E-state index contributed by atoms with van der Waals surface area (Å²) in [5.74, 6) is 0.719. The van der Waals surface area contributed by atoms with Crippen LogP contribution < -0.4 is 15.8 Å². The van der Waals surface area contributed by atoms with E-state index in [1.165, 1.54) is 0 Å². The summed E-state index contributed by atoms with van der Waals surface area (Å²) in [7, 11) is 1.61. The Hall–Kier alpha value is -1.55. The van der Waals surface area contributed by atoms with Crippen LogP contribution in [0.3, 0.4) is 0 Å². The summed E-state index contributed by atoms with van der Waals surface area (Å²) < 4.78 is 5.31. The molecule has 4 heteroatoms. The average molecular weight is 250 g/mol. The van der Waals surface area contributed by atoms with Crippen LogP contribution in [0, 0.1) is 0 Å². The zero-order chi connectivity index (χ0) is 13.6. The summed E-state index contributed by atoms with van der Waals surface area (Å²) in [5, 5.41) is 2.90. The first-order valence-electron chi connectivity index (χ1n) is 6.16. The summed E-state index contributed by atoms with van der Waals surface area (Å²) in [4.78, 5) is 12.2. The lowest BCUT2D eigenvalue weighted by Crippen LogP contribution is -2.41. The highest BCUT2D eigenvalue weighted by Gasteiger charge is 2.31. The number of ether oxygens (including phenoxy) is 1. The molecule has 1 amide bonds. The lowest BCUT2D eigenvalue weighted by atomic mass is 9.83. The second-order valence-corrected chi connectivity index (χ2v) is 4.72. The van der Waals surface area contributed by atoms with Crippen LogP contribution in [0.4, 0.5) is 0 Å². The minimum atomic E-state index is -0.624. The number of benzene rings is 1. The first-order valence-corrected chi connectivity index (χ1v) is 6.16. The van der Waals surface area contributed by atoms with Gasteiger partial charge in [-0.25, -0.2) is 0 Å². The summed E-state index contributed by atoms with van der Waals surface area (Å²) in [6, 6.07) is 7.59. The highest BCUT2D eigenvalue weighted by atomic mass is 16.5. The van der Waals surface area contributed by atoms with Crippen LogP contribution in [-0.4, -0.2) is 26.1 Å². The lowest BCUT2D eigenvalue weighted by Gasteiger charge is -2.26. The van der Waals surface area contributed by atoms with Crippen molar-refractivity contribution in [1.29, 1.82) is 0 Å². The monoisotopic (exact) mass is 250 g/mol. The van der Waals surface area contributed by atoms with Gasteiger partial charge in [0.1, 0.15) is 5.75 Å². The lowest BCUT2D eigenvalue weighted by molar-refractivity contribution is -0.125. The van der Waals surface area contributed by atoms with E-state index < -0.39 is 5.41 Å². The average Bonchev–Trinajstić information content (AvgIpc) is 2.38. The molecule has 3 N–H and O–H groups in total. The molecule has 0 aliphatic heterocycles. The van der Waals surface area contributed by atoms with E-state index in [0.29, 0.717) is 13.1 Å². The molecule has 0 radical (unpaired) electrons. The SMILES string of the molecule is COc1ccccc1C(C)(C)C(=O)NCCCN. The van der Waals surface area contributed by atoms with Gasteiger partial charge in [0.25, 0.3) is 0 Å². The van der Waals surface area contributed by atoms with Crippen molar-refractivity contribution in [3.05, 3.63) is 29.8 Å². The van der Waals surface area contributed by atoms with Crippen molar-refractivity contribution in [3.63, 3.8) is 0 Å². The Bertz CT molecular complexity index is 403. The topological polar surface area (TPSA) is 64.3 Å². The van der Waals surface area contributed by atoms with Gasteiger partial charge in [0.2, 0.25) is 5.91 Å². The fourth-order valence-electron chi connectivity index (χ4n) is 1.81. The molecule has 0 aromatic heterocycles. The first kappa shape index (κ1) is 14.5. The second-order valence-electron chi connectivity index (χ2n) is 4.72. The van der Waals surface area contributed by atoms with Gasteiger partial charge >= 0.3 is 0 Å². The molecule has 0 aliphatic carbocycles. The van der Waals surface area contributed by atoms with Crippen LogP contribution in [0.5, 0.6) is 5.75 Å². The predicted octanol–water partition coefficient (Wildman–Crippen LogP) is 1.44. The molecule has 0 bridgehead atoms. The molecule has 0 unspecified atom stereocenters. The van der Waals surface area contributed by atoms with Gasteiger partial charge in [0.05, 0.1) is 12.5 Å². The molecular weight excluding hydrogens is 228 g/mol. The van der Waals surface area contributed by atoms with Crippen molar-refractivity contribution < 1.29 is 9.53 Å². The Balaban J connectivity index is 2.87. The zero-order valence-corrected chi connectivity index (χ0v) is 11.3. The maximum Gasteiger partial charge on any atom is 0.230 e. The Labute approximate surface area is 109 Å². The minimum absolute atomic E-state index is 0.0135. The summed E-state index contributed by atoms with van der Waals surface area (Å²) in [6.45, 7) is 4.97. The van der Waals surface area contributed by atoms with Crippen LogP contribution in [-0.2, 0) is 10.2 Å². The Morgan fingerprint density at radius 3 is 2.67 bits per heavy atom. The molecule has 100 valence electrons. The molecule has 0 atom stereocenters. The normalized spacial score (nSPS) is 11.1. The molecule has 18 heavy (non-hydrogen) atoms. The summed E-state index contributed by atoms with van der Waals surface area (Å²) in [5.41, 5.74) is 5.67. The molecule has 1 rings (SSSR count). The van der Waals surface area contributed by atoms with Crippen LogP contribution in [0.25, 0.3) is 0 Å². The van der Waals surface area contributed by atoms with Crippen molar-refractivity contribution >= 4 is 5.91 Å². The maximum absolute atomic E-state index is 12.2. The third-order valence-corrected chi connectivity index (χ3v) is 3.01. The van der Waals surface area contributed by atoms with Gasteiger partial charge in [-0.1, -0.05) is 18.2 Å². The standard InChI is InChI=1S/C14H22N2O2/c1-14(2,13(17)16-10-6-9-15)11-7-4-5-8-12(11)18-3/h4-5,7-8H,6,9-10,15H2,1-3H3,(H,16,17). The van der Waals surface area contributed by atoms with Gasteiger partial charge in [-0.05, 0) is 32.9 Å². The number of amides is 1. The van der Waals surface area contributed by atoms with Crippen molar-refractivity contribution in [1.82, 2.24) is 5.32 Å². The molecule has 1 aromatic carbocycles. The molecule has 0 saturated heterocycles. The Morgan fingerprint density at radius 2 is 2.06 bits per heavy atom. The van der Waals surface area contributed by atoms with Crippen LogP contribution in [0.1, 0.15) is 25.8 Å². The fourth-order valence-corrected chi connectivity index (χ4v) is 1.81. The summed E-state index contributed by atoms with van der Waals surface area (Å²) in [6.07, 6.45) is 0.785. The Kier molecular flexibility index (Phi) is 5.16. The molecule has 0 spiro atoms. The third kappa shape index (κ3) is 3.23. The number of hydrogen-bond acceptors (Lipinski definition) is 3. The van der Waals surface area contributed by atoms with Gasteiger partial charge < -0.3 is 15.8 Å². The maximum atomic E-state index is 12.2. The Morgan fingerprint density at radius 1 is 1.39 bits per heavy atom. The first-order chi connectivity index (χ1) is 8.54. The number of nitrogens with two attached hydrogens (primary N) is 1. The van der Waals surface area contributed by atoms with Gasteiger partial charge in [0.15, 0.2) is 0 Å². The molecule has 4 nitrogen and oxygen atoms in total. The number of rotatable bonds is 6. The van der Waals surface area contributed by atoms with E-state index in [-0.39, 0.29) is 5.91 Å². The number of methoxy groups -OCH3 is 1. The fraction of sp³-hybridized carbons (Fsp3) is 0.500. The van der Waals surface area contributed by atoms with Crippen molar-refractivity contribution in [3.8, 4) is 5.75 Å². The molecule has 0 saturated carbocycles. The number of nitrogens with one attached hydrogen (secondary N) is 1.